The molecule has 0 heterocycles. The molecule has 2 nitrogen and oxygen atoms in total. The van der Waals surface area contributed by atoms with Crippen LogP contribution in [-0.4, -0.2) is 13.2 Å². The zero-order chi connectivity index (χ0) is 15.0. The molecule has 0 radical (unpaired) electrons. The van der Waals surface area contributed by atoms with Gasteiger partial charge in [0.2, 0.25) is 0 Å². The molecule has 0 aliphatic heterocycles. The third-order valence-corrected chi connectivity index (χ3v) is 2.65. The van der Waals surface area contributed by atoms with Crippen molar-refractivity contribution in [2.45, 2.75) is 32.5 Å². The van der Waals surface area contributed by atoms with Crippen LogP contribution < -0.4 is 10.1 Å². The van der Waals surface area contributed by atoms with E-state index in [9.17, 15) is 13.2 Å². The van der Waals surface area contributed by atoms with Crippen molar-refractivity contribution in [2.75, 3.05) is 13.2 Å². The second-order valence-corrected chi connectivity index (χ2v) is 4.26. The fraction of sp³-hybridized carbons (Fsp3) is 0.467. The fourth-order valence-electron chi connectivity index (χ4n) is 1.66. The van der Waals surface area contributed by atoms with E-state index < -0.39 is 11.7 Å². The maximum absolute atomic E-state index is 13.0. The van der Waals surface area contributed by atoms with E-state index in [1.165, 1.54) is 6.07 Å². The molecule has 0 unspecified atom stereocenters. The van der Waals surface area contributed by atoms with Crippen molar-refractivity contribution >= 4 is 0 Å². The van der Waals surface area contributed by atoms with Crippen LogP contribution in [0.1, 0.15) is 30.9 Å². The van der Waals surface area contributed by atoms with Gasteiger partial charge in [0, 0.05) is 13.0 Å². The second kappa shape index (κ2) is 7.81. The van der Waals surface area contributed by atoms with Crippen LogP contribution in [0.3, 0.4) is 0 Å². The molecule has 1 N–H and O–H groups in total. The lowest BCUT2D eigenvalue weighted by atomic mass is 10.1. The molecular formula is C15H18F3NO. The summed E-state index contributed by atoms with van der Waals surface area (Å²) < 4.78 is 44.2. The average molecular weight is 285 g/mol. The summed E-state index contributed by atoms with van der Waals surface area (Å²) in [5.74, 6) is 2.28. The normalized spacial score (nSPS) is 11.2. The summed E-state index contributed by atoms with van der Waals surface area (Å²) in [4.78, 5) is 0. The van der Waals surface area contributed by atoms with Crippen molar-refractivity contribution < 1.29 is 17.9 Å². The molecule has 0 atom stereocenters. The fourth-order valence-corrected chi connectivity index (χ4v) is 1.66. The quantitative estimate of drug-likeness (QED) is 0.610. The number of rotatable bonds is 7. The molecule has 0 bridgehead atoms. The van der Waals surface area contributed by atoms with Gasteiger partial charge < -0.3 is 10.1 Å². The minimum Gasteiger partial charge on any atom is -0.493 e. The van der Waals surface area contributed by atoms with Gasteiger partial charge in [-0.05, 0) is 30.7 Å². The van der Waals surface area contributed by atoms with Gasteiger partial charge in [-0.3, -0.25) is 0 Å². The monoisotopic (exact) mass is 285 g/mol. The third kappa shape index (κ3) is 5.14. The standard InChI is InChI=1S/C15H18F3NO/c1-3-5-6-9-20-14-8-7-12(11-19-4-2)10-13(14)15(16,17)18/h1,7-8,10,19H,4-6,9,11H2,2H3. The van der Waals surface area contributed by atoms with E-state index in [0.29, 0.717) is 31.5 Å². The highest BCUT2D eigenvalue weighted by molar-refractivity contribution is 5.39. The predicted molar refractivity (Wildman–Crippen MR) is 72.4 cm³/mol. The molecule has 0 saturated carbocycles. The lowest BCUT2D eigenvalue weighted by Gasteiger charge is -2.15. The minimum atomic E-state index is -4.43. The first-order chi connectivity index (χ1) is 9.49. The molecule has 5 heteroatoms. The molecule has 0 saturated heterocycles. The number of benzene rings is 1. The molecule has 0 amide bonds. The number of hydrogen-bond donors (Lipinski definition) is 1. The Hall–Kier alpha value is -1.67. The number of terminal acetylenes is 1. The van der Waals surface area contributed by atoms with E-state index in [1.54, 1.807) is 6.07 Å². The summed E-state index contributed by atoms with van der Waals surface area (Å²) >= 11 is 0. The first kappa shape index (κ1) is 16.4. The molecule has 20 heavy (non-hydrogen) atoms. The molecule has 0 spiro atoms. The number of hydrogen-bond acceptors (Lipinski definition) is 2. The van der Waals surface area contributed by atoms with E-state index >= 15 is 0 Å². The Balaban J connectivity index is 2.85. The molecule has 0 aliphatic carbocycles. The molecule has 0 fully saturated rings. The summed E-state index contributed by atoms with van der Waals surface area (Å²) in [6, 6.07) is 4.12. The van der Waals surface area contributed by atoms with Crippen LogP contribution in [0, 0.1) is 12.3 Å². The van der Waals surface area contributed by atoms with Crippen LogP contribution in [0.5, 0.6) is 5.75 Å². The molecule has 0 aromatic heterocycles. The zero-order valence-electron chi connectivity index (χ0n) is 11.4. The van der Waals surface area contributed by atoms with Crippen molar-refractivity contribution in [3.63, 3.8) is 0 Å². The molecule has 1 rings (SSSR count). The summed E-state index contributed by atoms with van der Waals surface area (Å²) in [7, 11) is 0. The Morgan fingerprint density at radius 1 is 1.35 bits per heavy atom. The Morgan fingerprint density at radius 2 is 2.10 bits per heavy atom. The van der Waals surface area contributed by atoms with Crippen LogP contribution >= 0.6 is 0 Å². The average Bonchev–Trinajstić information content (AvgIpc) is 2.41. The highest BCUT2D eigenvalue weighted by Crippen LogP contribution is 2.36. The van der Waals surface area contributed by atoms with Gasteiger partial charge in [0.05, 0.1) is 12.2 Å². The predicted octanol–water partition coefficient (Wildman–Crippen LogP) is 3.61. The van der Waals surface area contributed by atoms with Gasteiger partial charge in [0.25, 0.3) is 0 Å². The maximum Gasteiger partial charge on any atom is 0.419 e. The first-order valence-corrected chi connectivity index (χ1v) is 6.46. The van der Waals surface area contributed by atoms with E-state index in [-0.39, 0.29) is 12.4 Å². The minimum absolute atomic E-state index is 0.144. The summed E-state index contributed by atoms with van der Waals surface area (Å²) in [6.45, 7) is 3.18. The smallest absolute Gasteiger partial charge is 0.419 e. The molecule has 1 aromatic carbocycles. The van der Waals surface area contributed by atoms with Gasteiger partial charge in [-0.1, -0.05) is 13.0 Å². The second-order valence-electron chi connectivity index (χ2n) is 4.26. The van der Waals surface area contributed by atoms with Gasteiger partial charge in [-0.2, -0.15) is 13.2 Å². The largest absolute Gasteiger partial charge is 0.493 e. The third-order valence-electron chi connectivity index (χ3n) is 2.65. The number of unbranched alkanes of at least 4 members (excludes halogenated alkanes) is 1. The van der Waals surface area contributed by atoms with Crippen LogP contribution in [0.4, 0.5) is 13.2 Å². The maximum atomic E-state index is 13.0. The highest BCUT2D eigenvalue weighted by Gasteiger charge is 2.34. The van der Waals surface area contributed by atoms with Gasteiger partial charge in [0.15, 0.2) is 0 Å². The number of ether oxygens (including phenoxy) is 1. The number of alkyl halides is 3. The Kier molecular flexibility index (Phi) is 6.40. The van der Waals surface area contributed by atoms with Crippen LogP contribution in [0.15, 0.2) is 18.2 Å². The first-order valence-electron chi connectivity index (χ1n) is 6.46. The van der Waals surface area contributed by atoms with Crippen molar-refractivity contribution in [1.29, 1.82) is 0 Å². The van der Waals surface area contributed by atoms with Gasteiger partial charge in [-0.25, -0.2) is 0 Å². The van der Waals surface area contributed by atoms with Crippen molar-refractivity contribution in [3.8, 4) is 18.1 Å². The Bertz CT molecular complexity index is 463. The Labute approximate surface area is 117 Å². The van der Waals surface area contributed by atoms with Crippen LogP contribution in [-0.2, 0) is 12.7 Å². The number of halogens is 3. The Morgan fingerprint density at radius 3 is 2.70 bits per heavy atom. The van der Waals surface area contributed by atoms with Crippen LogP contribution in [0.2, 0.25) is 0 Å². The molecule has 0 aliphatic rings. The van der Waals surface area contributed by atoms with Crippen LogP contribution in [0.25, 0.3) is 0 Å². The van der Waals surface area contributed by atoms with Crippen molar-refractivity contribution in [2.24, 2.45) is 0 Å². The van der Waals surface area contributed by atoms with Crippen molar-refractivity contribution in [3.05, 3.63) is 29.3 Å². The highest BCUT2D eigenvalue weighted by atomic mass is 19.4. The molecule has 110 valence electrons. The summed E-state index contributed by atoms with van der Waals surface area (Å²) in [5, 5.41) is 2.99. The van der Waals surface area contributed by atoms with Gasteiger partial charge in [0.1, 0.15) is 5.75 Å². The summed E-state index contributed by atoms with van der Waals surface area (Å²) in [6.07, 6.45) is 1.67. The van der Waals surface area contributed by atoms with E-state index in [1.807, 2.05) is 6.92 Å². The lowest BCUT2D eigenvalue weighted by molar-refractivity contribution is -0.139. The molecular weight excluding hydrogens is 267 g/mol. The van der Waals surface area contributed by atoms with Crippen molar-refractivity contribution in [1.82, 2.24) is 5.32 Å². The van der Waals surface area contributed by atoms with E-state index in [4.69, 9.17) is 11.2 Å². The van der Waals surface area contributed by atoms with E-state index in [0.717, 1.165) is 6.07 Å². The lowest BCUT2D eigenvalue weighted by Crippen LogP contribution is -2.14. The summed E-state index contributed by atoms with van der Waals surface area (Å²) in [5.41, 5.74) is -0.163. The zero-order valence-corrected chi connectivity index (χ0v) is 11.4. The molecule has 1 aromatic rings. The SMILES string of the molecule is C#CCCCOc1ccc(CNCC)cc1C(F)(F)F. The topological polar surface area (TPSA) is 21.3 Å². The van der Waals surface area contributed by atoms with Gasteiger partial charge >= 0.3 is 6.18 Å². The van der Waals surface area contributed by atoms with Gasteiger partial charge in [-0.15, -0.1) is 12.3 Å². The van der Waals surface area contributed by atoms with E-state index in [2.05, 4.69) is 11.2 Å². The number of nitrogens with one attached hydrogen (secondary N) is 1.